The largest absolute Gasteiger partial charge is 0.497 e. The van der Waals surface area contributed by atoms with Gasteiger partial charge < -0.3 is 14.3 Å². The number of nitrogens with one attached hydrogen (secondary N) is 1. The number of ether oxygens (including phenoxy) is 1. The zero-order valence-corrected chi connectivity index (χ0v) is 13.6. The van der Waals surface area contributed by atoms with Crippen LogP contribution in [0.1, 0.15) is 25.7 Å². The van der Waals surface area contributed by atoms with Crippen molar-refractivity contribution >= 4 is 35.0 Å². The van der Waals surface area contributed by atoms with Crippen LogP contribution in [0.15, 0.2) is 18.2 Å². The summed E-state index contributed by atoms with van der Waals surface area (Å²) in [6.45, 7) is 0.986. The van der Waals surface area contributed by atoms with E-state index >= 15 is 0 Å². The van der Waals surface area contributed by atoms with E-state index in [1.165, 1.54) is 25.7 Å². The molecule has 5 heteroatoms. The summed E-state index contributed by atoms with van der Waals surface area (Å²) in [6, 6.07) is 6.09. The monoisotopic (exact) mass is 308 g/mol. The topological polar surface area (TPSA) is 29.9 Å². The van der Waals surface area contributed by atoms with Gasteiger partial charge >= 0.3 is 0 Å². The summed E-state index contributed by atoms with van der Waals surface area (Å²) in [4.78, 5) is 3.31. The average Bonchev–Trinajstić information content (AvgIpc) is 3.05. The Hall–Kier alpha value is -0.940. The molecule has 0 atom stereocenters. The van der Waals surface area contributed by atoms with Crippen LogP contribution in [0.2, 0.25) is 0 Å². The van der Waals surface area contributed by atoms with Gasteiger partial charge in [0.05, 0.1) is 18.1 Å². The van der Waals surface area contributed by atoms with Gasteiger partial charge in [-0.15, -0.1) is 0 Å². The van der Waals surface area contributed by atoms with E-state index < -0.39 is 0 Å². The molecule has 0 aliphatic heterocycles. The van der Waals surface area contributed by atoms with Crippen LogP contribution in [0.4, 0.5) is 0 Å². The van der Waals surface area contributed by atoms with E-state index in [1.54, 1.807) is 7.11 Å². The molecular weight excluding hydrogens is 288 g/mol. The molecule has 1 aromatic carbocycles. The molecule has 1 heterocycles. The van der Waals surface area contributed by atoms with Gasteiger partial charge in [0.1, 0.15) is 5.75 Å². The minimum absolute atomic E-state index is 0.344. The van der Waals surface area contributed by atoms with Crippen LogP contribution in [0.3, 0.4) is 0 Å². The molecule has 3 nitrogen and oxygen atoms in total. The third-order valence-electron chi connectivity index (χ3n) is 4.38. The number of fused-ring (bicyclic) bond motifs is 1. The first-order chi connectivity index (χ1) is 9.67. The molecule has 20 heavy (non-hydrogen) atoms. The third kappa shape index (κ3) is 2.37. The quantitative estimate of drug-likeness (QED) is 0.850. The van der Waals surface area contributed by atoms with E-state index in [-0.39, 0.29) is 0 Å². The lowest BCUT2D eigenvalue weighted by atomic mass is 10.1. The Morgan fingerprint density at radius 2 is 2.15 bits per heavy atom. The average molecular weight is 308 g/mol. The Balaban J connectivity index is 2.06. The summed E-state index contributed by atoms with van der Waals surface area (Å²) in [6.07, 6.45) is 7.46. The fourth-order valence-corrected chi connectivity index (χ4v) is 4.38. The second kappa shape index (κ2) is 5.45. The fraction of sp³-hybridized carbons (Fsp3) is 0.533. The van der Waals surface area contributed by atoms with Crippen LogP contribution in [0.5, 0.6) is 5.75 Å². The molecular formula is C15H20N2OS2. The third-order valence-corrected chi connectivity index (χ3v) is 6.10. The standard InChI is InChI=1S/C15H20N2OS2/c1-18-11-5-6-12-13(9-11)17(14(19)16-12)10-15(20-2)7-3-4-8-15/h5-6,9H,3-4,7-8,10H2,1-2H3,(H,16,19). The van der Waals surface area contributed by atoms with Gasteiger partial charge in [-0.05, 0) is 43.4 Å². The van der Waals surface area contributed by atoms with Crippen molar-refractivity contribution in [1.82, 2.24) is 9.55 Å². The number of imidazole rings is 1. The zero-order valence-electron chi connectivity index (χ0n) is 11.9. The fourth-order valence-electron chi connectivity index (χ4n) is 3.15. The zero-order chi connectivity index (χ0) is 14.2. The van der Waals surface area contributed by atoms with Crippen molar-refractivity contribution in [3.8, 4) is 5.75 Å². The van der Waals surface area contributed by atoms with E-state index in [1.807, 2.05) is 23.9 Å². The van der Waals surface area contributed by atoms with E-state index in [2.05, 4.69) is 21.9 Å². The van der Waals surface area contributed by atoms with Crippen molar-refractivity contribution < 1.29 is 4.74 Å². The van der Waals surface area contributed by atoms with Gasteiger partial charge in [-0.2, -0.15) is 11.8 Å². The Labute approximate surface area is 128 Å². The number of hydrogen-bond acceptors (Lipinski definition) is 3. The lowest BCUT2D eigenvalue weighted by Gasteiger charge is -2.27. The summed E-state index contributed by atoms with van der Waals surface area (Å²) in [5, 5.41) is 0. The summed E-state index contributed by atoms with van der Waals surface area (Å²) in [7, 11) is 1.70. The molecule has 0 bridgehead atoms. The first-order valence-corrected chi connectivity index (χ1v) is 8.62. The van der Waals surface area contributed by atoms with E-state index in [0.29, 0.717) is 4.75 Å². The number of aromatic amines is 1. The molecule has 1 aliphatic carbocycles. The molecule has 108 valence electrons. The van der Waals surface area contributed by atoms with Crippen molar-refractivity contribution in [3.63, 3.8) is 0 Å². The molecule has 0 amide bonds. The number of aromatic nitrogens is 2. The highest BCUT2D eigenvalue weighted by molar-refractivity contribution is 8.00. The first kappa shape index (κ1) is 14.0. The minimum atomic E-state index is 0.344. The Morgan fingerprint density at radius 1 is 1.40 bits per heavy atom. The minimum Gasteiger partial charge on any atom is -0.497 e. The van der Waals surface area contributed by atoms with Crippen molar-refractivity contribution in [3.05, 3.63) is 23.0 Å². The molecule has 3 rings (SSSR count). The maximum atomic E-state index is 5.52. The maximum Gasteiger partial charge on any atom is 0.178 e. The van der Waals surface area contributed by atoms with Crippen LogP contribution >= 0.6 is 24.0 Å². The van der Waals surface area contributed by atoms with Gasteiger partial charge in [0.15, 0.2) is 4.77 Å². The number of hydrogen-bond donors (Lipinski definition) is 1. The molecule has 1 N–H and O–H groups in total. The molecule has 0 unspecified atom stereocenters. The molecule has 2 aromatic rings. The van der Waals surface area contributed by atoms with Crippen LogP contribution in [-0.2, 0) is 6.54 Å². The summed E-state index contributed by atoms with van der Waals surface area (Å²) in [5.41, 5.74) is 2.24. The van der Waals surface area contributed by atoms with Gasteiger partial charge in [-0.1, -0.05) is 12.8 Å². The van der Waals surface area contributed by atoms with Crippen LogP contribution in [-0.4, -0.2) is 27.7 Å². The number of thioether (sulfide) groups is 1. The molecule has 0 saturated heterocycles. The molecule has 1 aliphatic rings. The van der Waals surface area contributed by atoms with E-state index in [0.717, 1.165) is 28.1 Å². The van der Waals surface area contributed by atoms with Gasteiger partial charge in [0.2, 0.25) is 0 Å². The lowest BCUT2D eigenvalue weighted by Crippen LogP contribution is -2.26. The van der Waals surface area contributed by atoms with Crippen LogP contribution < -0.4 is 4.74 Å². The molecule has 1 aromatic heterocycles. The second-order valence-electron chi connectivity index (χ2n) is 5.49. The van der Waals surface area contributed by atoms with Crippen molar-refractivity contribution in [2.45, 2.75) is 37.0 Å². The predicted octanol–water partition coefficient (Wildman–Crippen LogP) is 4.38. The highest BCUT2D eigenvalue weighted by Gasteiger charge is 2.33. The predicted molar refractivity (Wildman–Crippen MR) is 88.4 cm³/mol. The smallest absolute Gasteiger partial charge is 0.178 e. The van der Waals surface area contributed by atoms with Crippen LogP contribution in [0.25, 0.3) is 11.0 Å². The summed E-state index contributed by atoms with van der Waals surface area (Å²) in [5.74, 6) is 0.880. The maximum absolute atomic E-state index is 5.52. The van der Waals surface area contributed by atoms with Crippen molar-refractivity contribution in [2.75, 3.05) is 13.4 Å². The molecule has 1 fully saturated rings. The van der Waals surface area contributed by atoms with E-state index in [9.17, 15) is 0 Å². The first-order valence-electron chi connectivity index (χ1n) is 6.99. The number of H-pyrrole nitrogens is 1. The van der Waals surface area contributed by atoms with Gasteiger partial charge in [-0.25, -0.2) is 0 Å². The normalized spacial score (nSPS) is 17.7. The van der Waals surface area contributed by atoms with Gasteiger partial charge in [-0.3, -0.25) is 0 Å². The SMILES string of the molecule is COc1ccc2[nH]c(=S)n(CC3(SC)CCCC3)c2c1. The Bertz CT molecular complexity index is 668. The molecule has 0 spiro atoms. The highest BCUT2D eigenvalue weighted by Crippen LogP contribution is 2.42. The second-order valence-corrected chi connectivity index (χ2v) is 7.15. The molecule has 1 saturated carbocycles. The Morgan fingerprint density at radius 3 is 2.80 bits per heavy atom. The summed E-state index contributed by atoms with van der Waals surface area (Å²) >= 11 is 7.51. The number of methoxy groups -OCH3 is 1. The highest BCUT2D eigenvalue weighted by atomic mass is 32.2. The van der Waals surface area contributed by atoms with Crippen molar-refractivity contribution in [1.29, 1.82) is 0 Å². The summed E-state index contributed by atoms with van der Waals surface area (Å²) < 4.78 is 8.74. The number of nitrogens with zero attached hydrogens (tertiary/aromatic N) is 1. The lowest BCUT2D eigenvalue weighted by molar-refractivity contribution is 0.415. The molecule has 0 radical (unpaired) electrons. The number of rotatable bonds is 4. The van der Waals surface area contributed by atoms with Crippen molar-refractivity contribution in [2.24, 2.45) is 0 Å². The van der Waals surface area contributed by atoms with Gasteiger partial charge in [0.25, 0.3) is 0 Å². The Kier molecular flexibility index (Phi) is 3.82. The number of benzene rings is 1. The van der Waals surface area contributed by atoms with Gasteiger partial charge in [0, 0.05) is 17.4 Å². The van der Waals surface area contributed by atoms with Crippen LogP contribution in [0, 0.1) is 4.77 Å². The van der Waals surface area contributed by atoms with E-state index in [4.69, 9.17) is 17.0 Å².